The van der Waals surface area contributed by atoms with Gasteiger partial charge >= 0.3 is 0 Å². The number of halogens is 2. The molecule has 0 radical (unpaired) electrons. The van der Waals surface area contributed by atoms with E-state index in [1.807, 2.05) is 0 Å². The molecule has 0 aliphatic rings. The van der Waals surface area contributed by atoms with Gasteiger partial charge in [-0.15, -0.1) is 11.6 Å². The minimum atomic E-state index is -0.424. The Bertz CT molecular complexity index is 531. The zero-order chi connectivity index (χ0) is 13.0. The molecule has 0 amide bonds. The summed E-state index contributed by atoms with van der Waals surface area (Å²) in [6, 6.07) is 4.42. The van der Waals surface area contributed by atoms with Gasteiger partial charge in [0.15, 0.2) is 11.6 Å². The molecule has 6 heteroatoms. The highest BCUT2D eigenvalue weighted by Gasteiger charge is 2.11. The van der Waals surface area contributed by atoms with Crippen molar-refractivity contribution in [1.29, 1.82) is 0 Å². The van der Waals surface area contributed by atoms with Crippen LogP contribution in [0.15, 0.2) is 22.7 Å². The van der Waals surface area contributed by atoms with Crippen LogP contribution in [0.2, 0.25) is 0 Å². The van der Waals surface area contributed by atoms with Crippen LogP contribution in [-0.4, -0.2) is 23.1 Å². The molecule has 2 rings (SSSR count). The Kier molecular flexibility index (Phi) is 4.15. The third-order valence-corrected chi connectivity index (χ3v) is 2.67. The predicted octanol–water partition coefficient (Wildman–Crippen LogP) is 3.06. The number of ether oxygens (including phenoxy) is 1. The summed E-state index contributed by atoms with van der Waals surface area (Å²) in [4.78, 5) is 4.21. The van der Waals surface area contributed by atoms with E-state index in [9.17, 15) is 4.39 Å². The fourth-order valence-electron chi connectivity index (χ4n) is 1.49. The van der Waals surface area contributed by atoms with Crippen LogP contribution in [0.3, 0.4) is 0 Å². The Labute approximate surface area is 109 Å². The first-order valence-corrected chi connectivity index (χ1v) is 6.00. The van der Waals surface area contributed by atoms with Crippen LogP contribution in [0.1, 0.15) is 12.3 Å². The topological polar surface area (TPSA) is 48.2 Å². The van der Waals surface area contributed by atoms with Crippen molar-refractivity contribution in [2.75, 3.05) is 13.0 Å². The molecule has 18 heavy (non-hydrogen) atoms. The molecule has 0 unspecified atom stereocenters. The lowest BCUT2D eigenvalue weighted by Crippen LogP contribution is -1.90. The van der Waals surface area contributed by atoms with Crippen LogP contribution in [-0.2, 0) is 6.42 Å². The molecule has 0 fully saturated rings. The van der Waals surface area contributed by atoms with Crippen molar-refractivity contribution in [2.24, 2.45) is 0 Å². The van der Waals surface area contributed by atoms with Gasteiger partial charge in [0.1, 0.15) is 0 Å². The Balaban J connectivity index is 2.23. The van der Waals surface area contributed by atoms with Crippen LogP contribution in [0.4, 0.5) is 4.39 Å². The lowest BCUT2D eigenvalue weighted by atomic mass is 10.2. The lowest BCUT2D eigenvalue weighted by Gasteiger charge is -2.02. The Morgan fingerprint density at radius 1 is 1.44 bits per heavy atom. The zero-order valence-corrected chi connectivity index (χ0v) is 10.6. The monoisotopic (exact) mass is 270 g/mol. The summed E-state index contributed by atoms with van der Waals surface area (Å²) in [5.41, 5.74) is 0.647. The van der Waals surface area contributed by atoms with E-state index in [4.69, 9.17) is 20.9 Å². The number of nitrogens with zero attached hydrogens (tertiary/aromatic N) is 2. The van der Waals surface area contributed by atoms with Crippen molar-refractivity contribution < 1.29 is 13.7 Å². The van der Waals surface area contributed by atoms with E-state index in [0.717, 1.165) is 6.42 Å². The second kappa shape index (κ2) is 5.82. The van der Waals surface area contributed by atoms with E-state index in [1.165, 1.54) is 19.2 Å². The molecule has 0 bridgehead atoms. The number of aromatic nitrogens is 2. The van der Waals surface area contributed by atoms with E-state index in [1.54, 1.807) is 6.07 Å². The van der Waals surface area contributed by atoms with E-state index in [2.05, 4.69) is 10.1 Å². The maximum Gasteiger partial charge on any atom is 0.227 e. The summed E-state index contributed by atoms with van der Waals surface area (Å²) in [5.74, 6) is 1.21. The van der Waals surface area contributed by atoms with Gasteiger partial charge in [-0.1, -0.05) is 5.16 Å². The van der Waals surface area contributed by atoms with Gasteiger partial charge in [0.05, 0.1) is 7.11 Å². The largest absolute Gasteiger partial charge is 0.494 e. The summed E-state index contributed by atoms with van der Waals surface area (Å²) in [5, 5.41) is 3.84. The zero-order valence-electron chi connectivity index (χ0n) is 9.82. The summed E-state index contributed by atoms with van der Waals surface area (Å²) in [6.07, 6.45) is 1.41. The van der Waals surface area contributed by atoms with Gasteiger partial charge in [0.25, 0.3) is 0 Å². The van der Waals surface area contributed by atoms with Crippen molar-refractivity contribution in [3.05, 3.63) is 29.9 Å². The fourth-order valence-corrected chi connectivity index (χ4v) is 1.62. The molecule has 4 nitrogen and oxygen atoms in total. The first kappa shape index (κ1) is 12.8. The molecule has 96 valence electrons. The van der Waals surface area contributed by atoms with E-state index in [-0.39, 0.29) is 5.75 Å². The summed E-state index contributed by atoms with van der Waals surface area (Å²) < 4.78 is 23.2. The van der Waals surface area contributed by atoms with Gasteiger partial charge < -0.3 is 9.26 Å². The number of rotatable bonds is 5. The van der Waals surface area contributed by atoms with Crippen LogP contribution in [0, 0.1) is 5.82 Å². The number of methoxy groups -OCH3 is 1. The lowest BCUT2D eigenvalue weighted by molar-refractivity contribution is 0.377. The standard InChI is InChI=1S/C12H12ClFN2O2/c1-17-10-7-8(4-5-9(10)14)12-15-11(18-16-12)3-2-6-13/h4-5,7H,2-3,6H2,1H3. The molecule has 0 atom stereocenters. The van der Waals surface area contributed by atoms with E-state index < -0.39 is 5.82 Å². The quantitative estimate of drug-likeness (QED) is 0.784. The van der Waals surface area contributed by atoms with Gasteiger partial charge in [0.2, 0.25) is 11.7 Å². The number of alkyl halides is 1. The summed E-state index contributed by atoms with van der Waals surface area (Å²) in [6.45, 7) is 0. The molecule has 1 aromatic carbocycles. The van der Waals surface area contributed by atoms with Gasteiger partial charge in [0, 0.05) is 17.9 Å². The Morgan fingerprint density at radius 3 is 3.00 bits per heavy atom. The highest BCUT2D eigenvalue weighted by Crippen LogP contribution is 2.24. The smallest absolute Gasteiger partial charge is 0.227 e. The third kappa shape index (κ3) is 2.79. The van der Waals surface area contributed by atoms with Gasteiger partial charge in [-0.05, 0) is 24.6 Å². The normalized spacial score (nSPS) is 10.6. The second-order valence-corrected chi connectivity index (χ2v) is 4.03. The average molecular weight is 271 g/mol. The molecule has 1 heterocycles. The Morgan fingerprint density at radius 2 is 2.28 bits per heavy atom. The fraction of sp³-hybridized carbons (Fsp3) is 0.333. The minimum absolute atomic E-state index is 0.152. The van der Waals surface area contributed by atoms with Crippen LogP contribution < -0.4 is 4.74 Å². The third-order valence-electron chi connectivity index (χ3n) is 2.40. The van der Waals surface area contributed by atoms with Crippen LogP contribution in [0.25, 0.3) is 11.4 Å². The van der Waals surface area contributed by atoms with Crippen LogP contribution >= 0.6 is 11.6 Å². The van der Waals surface area contributed by atoms with Gasteiger partial charge in [-0.3, -0.25) is 0 Å². The van der Waals surface area contributed by atoms with Crippen molar-refractivity contribution >= 4 is 11.6 Å². The van der Waals surface area contributed by atoms with Crippen molar-refractivity contribution in [2.45, 2.75) is 12.8 Å². The maximum absolute atomic E-state index is 13.3. The molecule has 0 saturated carbocycles. The average Bonchev–Trinajstić information content (AvgIpc) is 2.85. The molecule has 2 aromatic rings. The first-order chi connectivity index (χ1) is 8.74. The molecule has 0 aliphatic carbocycles. The molecular formula is C12H12ClFN2O2. The highest BCUT2D eigenvalue weighted by atomic mass is 35.5. The van der Waals surface area contributed by atoms with E-state index in [0.29, 0.717) is 29.6 Å². The van der Waals surface area contributed by atoms with E-state index >= 15 is 0 Å². The van der Waals surface area contributed by atoms with Gasteiger partial charge in [-0.2, -0.15) is 4.98 Å². The molecule has 0 spiro atoms. The summed E-state index contributed by atoms with van der Waals surface area (Å²) in [7, 11) is 1.41. The number of benzene rings is 1. The number of aryl methyl sites for hydroxylation is 1. The first-order valence-electron chi connectivity index (χ1n) is 5.47. The molecule has 0 N–H and O–H groups in total. The minimum Gasteiger partial charge on any atom is -0.494 e. The SMILES string of the molecule is COc1cc(-c2noc(CCCCl)n2)ccc1F. The molecule has 1 aromatic heterocycles. The predicted molar refractivity (Wildman–Crippen MR) is 65.3 cm³/mol. The number of hydrogen-bond donors (Lipinski definition) is 0. The van der Waals surface area contributed by atoms with Crippen LogP contribution in [0.5, 0.6) is 5.75 Å². The summed E-state index contributed by atoms with van der Waals surface area (Å²) >= 11 is 5.58. The van der Waals surface area contributed by atoms with Crippen molar-refractivity contribution in [3.8, 4) is 17.1 Å². The molecular weight excluding hydrogens is 259 g/mol. The molecule has 0 saturated heterocycles. The van der Waals surface area contributed by atoms with Gasteiger partial charge in [-0.25, -0.2) is 4.39 Å². The Hall–Kier alpha value is -1.62. The van der Waals surface area contributed by atoms with Crippen molar-refractivity contribution in [3.63, 3.8) is 0 Å². The highest BCUT2D eigenvalue weighted by molar-refractivity contribution is 6.17. The number of hydrogen-bond acceptors (Lipinski definition) is 4. The maximum atomic E-state index is 13.3. The molecule has 0 aliphatic heterocycles. The second-order valence-electron chi connectivity index (χ2n) is 3.65. The van der Waals surface area contributed by atoms with Crippen molar-refractivity contribution in [1.82, 2.24) is 10.1 Å².